The zero-order valence-corrected chi connectivity index (χ0v) is 16.5. The number of fused-ring (bicyclic) bond motifs is 1. The Morgan fingerprint density at radius 1 is 1.24 bits per heavy atom. The lowest BCUT2D eigenvalue weighted by atomic mass is 10.1. The maximum atomic E-state index is 12.9. The second-order valence-corrected chi connectivity index (χ2v) is 7.35. The van der Waals surface area contributed by atoms with Gasteiger partial charge in [0.15, 0.2) is 5.65 Å². The van der Waals surface area contributed by atoms with E-state index in [1.165, 1.54) is 0 Å². The minimum Gasteiger partial charge on any atom is -0.467 e. The topological polar surface area (TPSA) is 85.8 Å². The van der Waals surface area contributed by atoms with E-state index in [1.54, 1.807) is 29.5 Å². The van der Waals surface area contributed by atoms with Crippen molar-refractivity contribution in [3.8, 4) is 11.3 Å². The molecule has 7 heteroatoms. The van der Waals surface area contributed by atoms with E-state index < -0.39 is 0 Å². The molecule has 0 radical (unpaired) electrons. The van der Waals surface area contributed by atoms with Crippen LogP contribution in [0.3, 0.4) is 0 Å². The number of carbonyl (C=O) groups excluding carboxylic acids is 1. The second kappa shape index (κ2) is 8.26. The Morgan fingerprint density at radius 3 is 2.86 bits per heavy atom. The van der Waals surface area contributed by atoms with Gasteiger partial charge in [-0.15, -0.1) is 0 Å². The average molecular weight is 389 g/mol. The molecule has 0 bridgehead atoms. The molecule has 0 unspecified atom stereocenters. The summed E-state index contributed by atoms with van der Waals surface area (Å²) in [5, 5.41) is 8.19. The highest BCUT2D eigenvalue weighted by atomic mass is 16.3. The molecule has 7 nitrogen and oxygen atoms in total. The summed E-state index contributed by atoms with van der Waals surface area (Å²) in [5.41, 5.74) is 2.72. The molecule has 1 N–H and O–H groups in total. The number of amides is 1. The quantitative estimate of drug-likeness (QED) is 0.518. The third-order valence-electron chi connectivity index (χ3n) is 4.70. The van der Waals surface area contributed by atoms with Crippen molar-refractivity contribution >= 4 is 16.9 Å². The van der Waals surface area contributed by atoms with Crippen LogP contribution in [-0.2, 0) is 6.54 Å². The number of nitrogens with one attached hydrogen (secondary N) is 1. The first-order valence-corrected chi connectivity index (χ1v) is 9.69. The van der Waals surface area contributed by atoms with Crippen molar-refractivity contribution in [3.05, 3.63) is 66.5 Å². The molecule has 0 aliphatic rings. The Bertz CT molecular complexity index is 1100. The summed E-state index contributed by atoms with van der Waals surface area (Å²) in [4.78, 5) is 21.9. The lowest BCUT2D eigenvalue weighted by Gasteiger charge is -2.10. The predicted octanol–water partition coefficient (Wildman–Crippen LogP) is 3.91. The van der Waals surface area contributed by atoms with Crippen molar-refractivity contribution in [3.63, 3.8) is 0 Å². The van der Waals surface area contributed by atoms with Gasteiger partial charge in [-0.3, -0.25) is 9.78 Å². The van der Waals surface area contributed by atoms with Crippen LogP contribution in [0.2, 0.25) is 0 Å². The molecular formula is C22H23N5O2. The molecule has 4 aromatic rings. The minimum atomic E-state index is -0.124. The summed E-state index contributed by atoms with van der Waals surface area (Å²) in [6, 6.07) is 9.31. The molecule has 0 aliphatic carbocycles. The molecule has 0 fully saturated rings. The first-order chi connectivity index (χ1) is 14.1. The highest BCUT2D eigenvalue weighted by Crippen LogP contribution is 2.25. The molecule has 148 valence electrons. The summed E-state index contributed by atoms with van der Waals surface area (Å²) < 4.78 is 7.19. The molecular weight excluding hydrogens is 366 g/mol. The van der Waals surface area contributed by atoms with Crippen molar-refractivity contribution in [2.45, 2.75) is 26.8 Å². The van der Waals surface area contributed by atoms with E-state index in [-0.39, 0.29) is 5.91 Å². The van der Waals surface area contributed by atoms with Gasteiger partial charge in [-0.2, -0.15) is 5.10 Å². The summed E-state index contributed by atoms with van der Waals surface area (Å²) in [5.74, 6) is 1.17. The number of furan rings is 1. The Hall–Kier alpha value is -3.48. The number of hydrogen-bond acceptors (Lipinski definition) is 5. The van der Waals surface area contributed by atoms with E-state index >= 15 is 0 Å². The van der Waals surface area contributed by atoms with Gasteiger partial charge in [0.2, 0.25) is 0 Å². The number of carbonyl (C=O) groups is 1. The van der Waals surface area contributed by atoms with Crippen LogP contribution in [-0.4, -0.2) is 32.2 Å². The lowest BCUT2D eigenvalue weighted by molar-refractivity contribution is 0.0953. The van der Waals surface area contributed by atoms with Gasteiger partial charge in [0.25, 0.3) is 5.91 Å². The van der Waals surface area contributed by atoms with Crippen LogP contribution in [0, 0.1) is 5.92 Å². The van der Waals surface area contributed by atoms with Crippen molar-refractivity contribution in [2.75, 3.05) is 6.54 Å². The summed E-state index contributed by atoms with van der Waals surface area (Å²) in [6.07, 6.45) is 7.69. The van der Waals surface area contributed by atoms with Gasteiger partial charge in [-0.1, -0.05) is 13.8 Å². The first kappa shape index (κ1) is 18.9. The highest BCUT2D eigenvalue weighted by molar-refractivity contribution is 6.06. The smallest absolute Gasteiger partial charge is 0.252 e. The Labute approximate surface area is 168 Å². The van der Waals surface area contributed by atoms with Crippen LogP contribution >= 0.6 is 0 Å². The van der Waals surface area contributed by atoms with Gasteiger partial charge >= 0.3 is 0 Å². The van der Waals surface area contributed by atoms with Gasteiger partial charge in [-0.25, -0.2) is 9.67 Å². The number of hydrogen-bond donors (Lipinski definition) is 1. The Kier molecular flexibility index (Phi) is 5.37. The maximum absolute atomic E-state index is 12.9. The monoisotopic (exact) mass is 389 g/mol. The molecule has 0 saturated heterocycles. The number of pyridine rings is 2. The standard InChI is InChI=1S/C22H23N5O2/c1-15(2)7-9-24-22(28)18-11-20(16-5-3-8-23-12-16)26-21-19(18)13-25-27(21)14-17-6-4-10-29-17/h3-6,8,10-13,15H,7,9,14H2,1-2H3,(H,24,28). The molecule has 0 atom stereocenters. The van der Waals surface area contributed by atoms with E-state index in [4.69, 9.17) is 9.40 Å². The van der Waals surface area contributed by atoms with E-state index in [2.05, 4.69) is 29.2 Å². The van der Waals surface area contributed by atoms with Crippen molar-refractivity contribution in [1.82, 2.24) is 25.1 Å². The van der Waals surface area contributed by atoms with Crippen LogP contribution in [0.4, 0.5) is 0 Å². The molecule has 4 aromatic heterocycles. The van der Waals surface area contributed by atoms with Gasteiger partial charge < -0.3 is 9.73 Å². The first-order valence-electron chi connectivity index (χ1n) is 9.69. The van der Waals surface area contributed by atoms with Gasteiger partial charge in [0.05, 0.1) is 29.1 Å². The van der Waals surface area contributed by atoms with Gasteiger partial charge in [0, 0.05) is 24.5 Å². The third-order valence-corrected chi connectivity index (χ3v) is 4.70. The van der Waals surface area contributed by atoms with Crippen LogP contribution in [0.5, 0.6) is 0 Å². The van der Waals surface area contributed by atoms with E-state index in [1.807, 2.05) is 30.3 Å². The lowest BCUT2D eigenvalue weighted by Crippen LogP contribution is -2.25. The van der Waals surface area contributed by atoms with E-state index in [0.717, 1.165) is 17.7 Å². The number of aromatic nitrogens is 4. The number of rotatable bonds is 7. The highest BCUT2D eigenvalue weighted by Gasteiger charge is 2.18. The average Bonchev–Trinajstić information content (AvgIpc) is 3.38. The molecule has 0 aliphatic heterocycles. The second-order valence-electron chi connectivity index (χ2n) is 7.35. The third kappa shape index (κ3) is 4.18. The molecule has 29 heavy (non-hydrogen) atoms. The van der Waals surface area contributed by atoms with Gasteiger partial charge in [0.1, 0.15) is 12.3 Å². The molecule has 0 spiro atoms. The fourth-order valence-electron chi connectivity index (χ4n) is 3.13. The molecule has 4 heterocycles. The predicted molar refractivity (Wildman–Crippen MR) is 110 cm³/mol. The van der Waals surface area contributed by atoms with Crippen LogP contribution in [0.1, 0.15) is 36.4 Å². The van der Waals surface area contributed by atoms with Crippen LogP contribution in [0.25, 0.3) is 22.3 Å². The minimum absolute atomic E-state index is 0.124. The normalized spacial score (nSPS) is 11.3. The fraction of sp³-hybridized carbons (Fsp3) is 0.273. The molecule has 0 aromatic carbocycles. The van der Waals surface area contributed by atoms with Crippen molar-refractivity contribution in [1.29, 1.82) is 0 Å². The Morgan fingerprint density at radius 2 is 2.14 bits per heavy atom. The maximum Gasteiger partial charge on any atom is 0.252 e. The van der Waals surface area contributed by atoms with Crippen molar-refractivity contribution in [2.24, 2.45) is 5.92 Å². The summed E-state index contributed by atoms with van der Waals surface area (Å²) in [6.45, 7) is 5.34. The largest absolute Gasteiger partial charge is 0.467 e. The van der Waals surface area contributed by atoms with E-state index in [9.17, 15) is 4.79 Å². The molecule has 0 saturated carbocycles. The zero-order chi connectivity index (χ0) is 20.2. The van der Waals surface area contributed by atoms with Crippen LogP contribution in [0.15, 0.2) is 59.6 Å². The number of nitrogens with zero attached hydrogens (tertiary/aromatic N) is 4. The Balaban J connectivity index is 1.76. The summed E-state index contributed by atoms with van der Waals surface area (Å²) >= 11 is 0. The van der Waals surface area contributed by atoms with Crippen LogP contribution < -0.4 is 5.32 Å². The van der Waals surface area contributed by atoms with E-state index in [0.29, 0.717) is 41.3 Å². The molecule has 4 rings (SSSR count). The fourth-order valence-corrected chi connectivity index (χ4v) is 3.13. The zero-order valence-electron chi connectivity index (χ0n) is 16.5. The van der Waals surface area contributed by atoms with Gasteiger partial charge in [-0.05, 0) is 42.7 Å². The summed E-state index contributed by atoms with van der Waals surface area (Å²) in [7, 11) is 0. The van der Waals surface area contributed by atoms with Crippen molar-refractivity contribution < 1.29 is 9.21 Å². The SMILES string of the molecule is CC(C)CCNC(=O)c1cc(-c2cccnc2)nc2c1cnn2Cc1ccco1. The molecule has 1 amide bonds.